The van der Waals surface area contributed by atoms with Crippen LogP contribution in [0.25, 0.3) is 0 Å². The minimum Gasteiger partial charge on any atom is -0.444 e. The molecule has 0 heterocycles. The summed E-state index contributed by atoms with van der Waals surface area (Å²) in [6, 6.07) is 0. The van der Waals surface area contributed by atoms with Gasteiger partial charge in [-0.1, -0.05) is 241 Å². The van der Waals surface area contributed by atoms with Crippen LogP contribution in [0.3, 0.4) is 0 Å². The number of nitrogens with one attached hydrogen (secondary N) is 2. The molecule has 2 N–H and O–H groups in total. The van der Waals surface area contributed by atoms with E-state index in [1.165, 1.54) is 186 Å². The summed E-state index contributed by atoms with van der Waals surface area (Å²) in [7, 11) is 1.75. The number of ether oxygens (including phenoxy) is 3. The van der Waals surface area contributed by atoms with Crippen molar-refractivity contribution >= 4 is 12.0 Å². The van der Waals surface area contributed by atoms with Crippen LogP contribution in [-0.2, 0) is 19.0 Å². The molecule has 7 heteroatoms. The van der Waals surface area contributed by atoms with Gasteiger partial charge < -0.3 is 24.8 Å². The number of hydrogen-bond acceptors (Lipinski definition) is 5. The predicted molar refractivity (Wildman–Crippen MR) is 282 cm³/mol. The lowest BCUT2D eigenvalue weighted by molar-refractivity contribution is -0.132. The van der Waals surface area contributed by atoms with Crippen molar-refractivity contribution in [1.82, 2.24) is 10.6 Å². The summed E-state index contributed by atoms with van der Waals surface area (Å²) in [5.41, 5.74) is -1.27. The summed E-state index contributed by atoms with van der Waals surface area (Å²) in [5.74, 6) is 0.00993. The van der Waals surface area contributed by atoms with Crippen LogP contribution in [0.1, 0.15) is 307 Å². The fourth-order valence-electron chi connectivity index (χ4n) is 10.0. The predicted octanol–water partition coefficient (Wildman–Crippen LogP) is 17.9. The van der Waals surface area contributed by atoms with Gasteiger partial charge in [0.25, 0.3) is 0 Å². The number of carbonyl (C=O) groups is 2. The Balaban J connectivity index is 4.75. The van der Waals surface area contributed by atoms with E-state index in [0.29, 0.717) is 26.1 Å². The van der Waals surface area contributed by atoms with Crippen LogP contribution in [0.2, 0.25) is 0 Å². The van der Waals surface area contributed by atoms with E-state index in [1.807, 2.05) is 13.8 Å². The molecule has 0 radical (unpaired) electrons. The summed E-state index contributed by atoms with van der Waals surface area (Å²) < 4.78 is 18.0. The topological polar surface area (TPSA) is 85.9 Å². The third kappa shape index (κ3) is 41.4. The Morgan fingerprint density at radius 2 is 0.831 bits per heavy atom. The van der Waals surface area contributed by atoms with Crippen LogP contribution in [0.5, 0.6) is 0 Å². The molecule has 388 valence electrons. The minimum atomic E-state index is -0.592. The van der Waals surface area contributed by atoms with Crippen molar-refractivity contribution < 1.29 is 23.8 Å². The average molecular weight is 922 g/mol. The Morgan fingerprint density at radius 3 is 1.22 bits per heavy atom. The van der Waals surface area contributed by atoms with E-state index in [9.17, 15) is 9.59 Å². The summed E-state index contributed by atoms with van der Waals surface area (Å²) in [6.45, 7) is 23.2. The number of carbonyl (C=O) groups excluding carboxylic acids is 2. The van der Waals surface area contributed by atoms with E-state index in [1.54, 1.807) is 7.11 Å². The first-order valence-electron chi connectivity index (χ1n) is 28.4. The second-order valence-electron chi connectivity index (χ2n) is 23.1. The maximum Gasteiger partial charge on any atom is 0.407 e. The fraction of sp³-hybridized carbons (Fsp3) is 0.966. The molecule has 0 aliphatic carbocycles. The molecule has 0 bridgehead atoms. The van der Waals surface area contributed by atoms with Crippen molar-refractivity contribution in [2.75, 3.05) is 26.8 Å². The smallest absolute Gasteiger partial charge is 0.407 e. The molecule has 0 saturated heterocycles. The number of methoxy groups -OCH3 is 1. The summed E-state index contributed by atoms with van der Waals surface area (Å²) in [5, 5.41) is 6.24. The number of unbranched alkanes of at least 4 members (excludes halogenated alkanes) is 31. The standard InChI is InChI=1S/C58H116N2O5/c1-12-14-16-18-20-22-24-26-28-30-31-33-35-37-39-41-43-45-52(65-54(62)59-47-44-42-40-38-36-34-32-29-27-25-23-21-19-17-15-13-2)49-60-53(61)56(5,6)50-55(3,4)51-58(9,10)64-48-46-57(7,8)63-11/h52H,12-51H2,1-11H3,(H,59,62)(H,60,61). The van der Waals surface area contributed by atoms with Crippen molar-refractivity contribution in [3.05, 3.63) is 0 Å². The fourth-order valence-corrected chi connectivity index (χ4v) is 10.0. The Morgan fingerprint density at radius 1 is 0.462 bits per heavy atom. The van der Waals surface area contributed by atoms with Gasteiger partial charge in [-0.05, 0) is 71.6 Å². The number of rotatable bonds is 48. The van der Waals surface area contributed by atoms with Crippen LogP contribution in [0, 0.1) is 10.8 Å². The molecule has 0 fully saturated rings. The Bertz CT molecular complexity index is 1090. The zero-order valence-electron chi connectivity index (χ0n) is 45.9. The molecular weight excluding hydrogens is 805 g/mol. The highest BCUT2D eigenvalue weighted by Crippen LogP contribution is 2.40. The maximum absolute atomic E-state index is 13.8. The summed E-state index contributed by atoms with van der Waals surface area (Å²) in [6.07, 6.45) is 46.5. The van der Waals surface area contributed by atoms with E-state index < -0.39 is 5.41 Å². The van der Waals surface area contributed by atoms with Crippen molar-refractivity contribution in [3.63, 3.8) is 0 Å². The van der Waals surface area contributed by atoms with Crippen LogP contribution < -0.4 is 10.6 Å². The molecule has 1 atom stereocenters. The zero-order chi connectivity index (χ0) is 48.6. The highest BCUT2D eigenvalue weighted by atomic mass is 16.6. The van der Waals surface area contributed by atoms with Crippen LogP contribution >= 0.6 is 0 Å². The second kappa shape index (κ2) is 40.5. The second-order valence-corrected chi connectivity index (χ2v) is 23.1. The monoisotopic (exact) mass is 921 g/mol. The molecule has 0 saturated carbocycles. The van der Waals surface area contributed by atoms with Gasteiger partial charge in [0, 0.05) is 19.1 Å². The van der Waals surface area contributed by atoms with Gasteiger partial charge in [-0.25, -0.2) is 4.79 Å². The van der Waals surface area contributed by atoms with E-state index >= 15 is 0 Å². The van der Waals surface area contributed by atoms with Gasteiger partial charge in [-0.3, -0.25) is 4.79 Å². The largest absolute Gasteiger partial charge is 0.444 e. The number of hydrogen-bond donors (Lipinski definition) is 2. The lowest BCUT2D eigenvalue weighted by Gasteiger charge is -2.39. The Hall–Kier alpha value is -1.34. The summed E-state index contributed by atoms with van der Waals surface area (Å²) in [4.78, 5) is 26.8. The van der Waals surface area contributed by atoms with Gasteiger partial charge >= 0.3 is 6.09 Å². The highest BCUT2D eigenvalue weighted by molar-refractivity contribution is 5.81. The molecule has 0 aromatic heterocycles. The van der Waals surface area contributed by atoms with Crippen LogP contribution in [0.15, 0.2) is 0 Å². The molecule has 65 heavy (non-hydrogen) atoms. The molecule has 0 aromatic carbocycles. The molecule has 7 nitrogen and oxygen atoms in total. The molecule has 0 spiro atoms. The van der Waals surface area contributed by atoms with Crippen molar-refractivity contribution in [2.24, 2.45) is 10.8 Å². The minimum absolute atomic E-state index is 0.00993. The molecule has 0 rings (SSSR count). The van der Waals surface area contributed by atoms with Gasteiger partial charge in [-0.2, -0.15) is 0 Å². The third-order valence-electron chi connectivity index (χ3n) is 13.9. The van der Waals surface area contributed by atoms with Gasteiger partial charge in [0.05, 0.1) is 24.4 Å². The first-order valence-corrected chi connectivity index (χ1v) is 28.4. The van der Waals surface area contributed by atoms with Gasteiger partial charge in [-0.15, -0.1) is 0 Å². The first-order chi connectivity index (χ1) is 31.0. The highest BCUT2D eigenvalue weighted by Gasteiger charge is 2.38. The normalized spacial score (nSPS) is 13.0. The quantitative estimate of drug-likeness (QED) is 0.0594. The average Bonchev–Trinajstić information content (AvgIpc) is 3.23. The molecule has 1 unspecified atom stereocenters. The molecule has 0 aliphatic rings. The lowest BCUT2D eigenvalue weighted by Crippen LogP contribution is -2.45. The number of amides is 2. The molecule has 0 aromatic rings. The van der Waals surface area contributed by atoms with E-state index in [2.05, 4.69) is 66.0 Å². The first kappa shape index (κ1) is 63.7. The molecule has 2 amide bonds. The number of alkyl carbamates (subject to hydrolysis) is 1. The summed E-state index contributed by atoms with van der Waals surface area (Å²) >= 11 is 0. The van der Waals surface area contributed by atoms with E-state index in [0.717, 1.165) is 44.9 Å². The molecule has 0 aliphatic heterocycles. The maximum atomic E-state index is 13.8. The van der Waals surface area contributed by atoms with Gasteiger partial charge in [0.2, 0.25) is 5.91 Å². The third-order valence-corrected chi connectivity index (χ3v) is 13.9. The van der Waals surface area contributed by atoms with Gasteiger partial charge in [0.15, 0.2) is 0 Å². The zero-order valence-corrected chi connectivity index (χ0v) is 45.9. The van der Waals surface area contributed by atoms with E-state index in [4.69, 9.17) is 14.2 Å². The molecular formula is C58H116N2O5. The van der Waals surface area contributed by atoms with Crippen LogP contribution in [-0.4, -0.2) is 56.1 Å². The van der Waals surface area contributed by atoms with Crippen molar-refractivity contribution in [3.8, 4) is 0 Å². The SMILES string of the molecule is CCCCCCCCCCCCCCCCCCCC(CNC(=O)C(C)(C)CC(C)(C)CC(C)(C)OCCC(C)(C)OC)OC(=O)NCCCCCCCCCCCCCCCCCC. The van der Waals surface area contributed by atoms with E-state index in [-0.39, 0.29) is 34.7 Å². The van der Waals surface area contributed by atoms with Crippen molar-refractivity contribution in [2.45, 2.75) is 324 Å². The Labute approximate surface area is 406 Å². The van der Waals surface area contributed by atoms with Crippen LogP contribution in [0.4, 0.5) is 4.79 Å². The van der Waals surface area contributed by atoms with Gasteiger partial charge in [0.1, 0.15) is 6.10 Å². The Kier molecular flexibility index (Phi) is 39.7. The lowest BCUT2D eigenvalue weighted by atomic mass is 9.70. The van der Waals surface area contributed by atoms with Crippen molar-refractivity contribution in [1.29, 1.82) is 0 Å².